The van der Waals surface area contributed by atoms with Crippen LogP contribution < -0.4 is 5.32 Å². The zero-order valence-electron chi connectivity index (χ0n) is 9.93. The highest BCUT2D eigenvalue weighted by molar-refractivity contribution is 5.82. The average molecular weight is 211 g/mol. The van der Waals surface area contributed by atoms with Crippen LogP contribution in [0.4, 0.5) is 0 Å². The molecule has 1 aliphatic heterocycles. The van der Waals surface area contributed by atoms with Gasteiger partial charge in [-0.05, 0) is 46.6 Å². The second kappa shape index (κ2) is 4.35. The molecule has 1 saturated heterocycles. The quantitative estimate of drug-likeness (QED) is 0.573. The number of hydrogen-bond acceptors (Lipinski definition) is 3. The van der Waals surface area contributed by atoms with Crippen LogP contribution in [0.1, 0.15) is 40.0 Å². The van der Waals surface area contributed by atoms with Crippen LogP contribution >= 0.6 is 0 Å². The Morgan fingerprint density at radius 2 is 2.27 bits per heavy atom. The summed E-state index contributed by atoms with van der Waals surface area (Å²) >= 11 is 0. The van der Waals surface area contributed by atoms with Gasteiger partial charge in [0.15, 0.2) is 0 Å². The van der Waals surface area contributed by atoms with Crippen LogP contribution in [0.15, 0.2) is 12.7 Å². The highest BCUT2D eigenvalue weighted by Crippen LogP contribution is 2.27. The second-order valence-electron chi connectivity index (χ2n) is 5.11. The van der Waals surface area contributed by atoms with E-state index in [1.807, 2.05) is 20.8 Å². The maximum absolute atomic E-state index is 12.0. The van der Waals surface area contributed by atoms with Gasteiger partial charge in [0.2, 0.25) is 0 Å². The monoisotopic (exact) mass is 211 g/mol. The number of carbonyl (C=O) groups is 1. The van der Waals surface area contributed by atoms with Gasteiger partial charge in [0.1, 0.15) is 11.1 Å². The molecule has 1 heterocycles. The fourth-order valence-electron chi connectivity index (χ4n) is 1.86. The van der Waals surface area contributed by atoms with Gasteiger partial charge in [-0.3, -0.25) is 4.79 Å². The van der Waals surface area contributed by atoms with Crippen molar-refractivity contribution in [1.82, 2.24) is 5.32 Å². The summed E-state index contributed by atoms with van der Waals surface area (Å²) in [4.78, 5) is 12.0. The van der Waals surface area contributed by atoms with Crippen LogP contribution in [0.3, 0.4) is 0 Å². The molecule has 0 radical (unpaired) electrons. The molecule has 0 aromatic carbocycles. The number of esters is 1. The minimum atomic E-state index is -0.519. The van der Waals surface area contributed by atoms with Gasteiger partial charge < -0.3 is 10.1 Å². The summed E-state index contributed by atoms with van der Waals surface area (Å²) < 4.78 is 5.43. The summed E-state index contributed by atoms with van der Waals surface area (Å²) in [5.41, 5.74) is -0.940. The molecule has 0 amide bonds. The van der Waals surface area contributed by atoms with E-state index in [0.717, 1.165) is 19.4 Å². The van der Waals surface area contributed by atoms with Crippen molar-refractivity contribution in [2.45, 2.75) is 51.2 Å². The lowest BCUT2D eigenvalue weighted by Crippen LogP contribution is -2.50. The van der Waals surface area contributed by atoms with Gasteiger partial charge in [-0.15, -0.1) is 6.58 Å². The van der Waals surface area contributed by atoms with E-state index in [1.54, 1.807) is 6.08 Å². The SMILES string of the molecule is C=CC[C@]1(C(=O)OC(C)(C)C)CCCN1. The van der Waals surface area contributed by atoms with Gasteiger partial charge in [-0.2, -0.15) is 0 Å². The molecule has 0 aromatic heterocycles. The number of hydrogen-bond donors (Lipinski definition) is 1. The molecule has 1 N–H and O–H groups in total. The molecule has 1 rings (SSSR count). The molecule has 0 saturated carbocycles. The van der Waals surface area contributed by atoms with Gasteiger partial charge in [0.25, 0.3) is 0 Å². The Labute approximate surface area is 91.9 Å². The Balaban J connectivity index is 2.72. The largest absolute Gasteiger partial charge is 0.459 e. The fourth-order valence-corrected chi connectivity index (χ4v) is 1.86. The van der Waals surface area contributed by atoms with Crippen LogP contribution in [0.2, 0.25) is 0 Å². The first-order chi connectivity index (χ1) is 6.90. The van der Waals surface area contributed by atoms with Crippen LogP contribution in [0, 0.1) is 0 Å². The molecular formula is C12H21NO2. The molecule has 3 heteroatoms. The third kappa shape index (κ3) is 3.06. The minimum Gasteiger partial charge on any atom is -0.459 e. The zero-order valence-corrected chi connectivity index (χ0v) is 9.93. The highest BCUT2D eigenvalue weighted by Gasteiger charge is 2.42. The van der Waals surface area contributed by atoms with Crippen molar-refractivity contribution in [3.8, 4) is 0 Å². The van der Waals surface area contributed by atoms with Crippen molar-refractivity contribution in [3.05, 3.63) is 12.7 Å². The van der Waals surface area contributed by atoms with Crippen LogP contribution in [-0.2, 0) is 9.53 Å². The molecular weight excluding hydrogens is 190 g/mol. The summed E-state index contributed by atoms with van der Waals surface area (Å²) in [6.07, 6.45) is 4.28. The maximum atomic E-state index is 12.0. The number of ether oxygens (including phenoxy) is 1. The normalized spacial score (nSPS) is 26.3. The summed E-state index contributed by atoms with van der Waals surface area (Å²) in [5.74, 6) is -0.146. The van der Waals surface area contributed by atoms with Gasteiger partial charge in [0, 0.05) is 0 Å². The van der Waals surface area contributed by atoms with Crippen molar-refractivity contribution in [2.75, 3.05) is 6.54 Å². The van der Waals surface area contributed by atoms with Gasteiger partial charge in [-0.1, -0.05) is 6.08 Å². The minimum absolute atomic E-state index is 0.146. The first-order valence-corrected chi connectivity index (χ1v) is 5.49. The van der Waals surface area contributed by atoms with E-state index in [4.69, 9.17) is 4.74 Å². The maximum Gasteiger partial charge on any atom is 0.327 e. The van der Waals surface area contributed by atoms with E-state index >= 15 is 0 Å². The van der Waals surface area contributed by atoms with Gasteiger partial charge >= 0.3 is 5.97 Å². The fraction of sp³-hybridized carbons (Fsp3) is 0.750. The molecule has 0 bridgehead atoms. The standard InChI is InChI=1S/C12H21NO2/c1-5-7-12(8-6-9-13-12)10(14)15-11(2,3)4/h5,13H,1,6-9H2,2-4H3/t12-/m1/s1. The van der Waals surface area contributed by atoms with Crippen LogP contribution in [0.5, 0.6) is 0 Å². The predicted octanol–water partition coefficient (Wildman–Crippen LogP) is 2.03. The van der Waals surface area contributed by atoms with E-state index in [2.05, 4.69) is 11.9 Å². The van der Waals surface area contributed by atoms with Gasteiger partial charge in [-0.25, -0.2) is 0 Å². The first kappa shape index (κ1) is 12.2. The first-order valence-electron chi connectivity index (χ1n) is 5.49. The topological polar surface area (TPSA) is 38.3 Å². The van der Waals surface area contributed by atoms with Crippen molar-refractivity contribution < 1.29 is 9.53 Å². The lowest BCUT2D eigenvalue weighted by Gasteiger charge is -2.30. The Kier molecular flexibility index (Phi) is 3.55. The van der Waals surface area contributed by atoms with Crippen molar-refractivity contribution in [2.24, 2.45) is 0 Å². The summed E-state index contributed by atoms with van der Waals surface area (Å²) in [6, 6.07) is 0. The molecule has 0 aromatic rings. The van der Waals surface area contributed by atoms with E-state index in [9.17, 15) is 4.79 Å². The van der Waals surface area contributed by atoms with Crippen LogP contribution in [0.25, 0.3) is 0 Å². The summed E-state index contributed by atoms with van der Waals surface area (Å²) in [5, 5.41) is 3.25. The molecule has 1 aliphatic rings. The Hall–Kier alpha value is -0.830. The van der Waals surface area contributed by atoms with Gasteiger partial charge in [0.05, 0.1) is 0 Å². The highest BCUT2D eigenvalue weighted by atomic mass is 16.6. The molecule has 86 valence electrons. The molecule has 0 spiro atoms. The van der Waals surface area contributed by atoms with Crippen LogP contribution in [-0.4, -0.2) is 23.7 Å². The van der Waals surface area contributed by atoms with E-state index < -0.39 is 11.1 Å². The number of rotatable bonds is 3. The summed E-state index contributed by atoms with van der Waals surface area (Å²) in [7, 11) is 0. The third-order valence-electron chi connectivity index (χ3n) is 2.53. The Bertz CT molecular complexity index is 247. The number of nitrogens with one attached hydrogen (secondary N) is 1. The summed E-state index contributed by atoms with van der Waals surface area (Å²) in [6.45, 7) is 10.3. The number of carbonyl (C=O) groups excluding carboxylic acids is 1. The molecule has 0 unspecified atom stereocenters. The van der Waals surface area contributed by atoms with E-state index in [1.165, 1.54) is 0 Å². The predicted molar refractivity (Wildman–Crippen MR) is 60.6 cm³/mol. The Morgan fingerprint density at radius 3 is 2.67 bits per heavy atom. The molecule has 1 atom stereocenters. The van der Waals surface area contributed by atoms with Crippen molar-refractivity contribution in [3.63, 3.8) is 0 Å². The molecule has 3 nitrogen and oxygen atoms in total. The smallest absolute Gasteiger partial charge is 0.327 e. The lowest BCUT2D eigenvalue weighted by molar-refractivity contribution is -0.162. The van der Waals surface area contributed by atoms with E-state index in [0.29, 0.717) is 6.42 Å². The average Bonchev–Trinajstić information content (AvgIpc) is 2.51. The van der Waals surface area contributed by atoms with Crippen molar-refractivity contribution >= 4 is 5.97 Å². The molecule has 15 heavy (non-hydrogen) atoms. The lowest BCUT2D eigenvalue weighted by atomic mass is 9.93. The zero-order chi connectivity index (χ0) is 11.5. The third-order valence-corrected chi connectivity index (χ3v) is 2.53. The van der Waals surface area contributed by atoms with E-state index in [-0.39, 0.29) is 5.97 Å². The Morgan fingerprint density at radius 1 is 1.60 bits per heavy atom. The molecule has 0 aliphatic carbocycles. The van der Waals surface area contributed by atoms with Crippen molar-refractivity contribution in [1.29, 1.82) is 0 Å². The molecule has 1 fully saturated rings. The second-order valence-corrected chi connectivity index (χ2v) is 5.11.